The quantitative estimate of drug-likeness (QED) is 0.714. The molecule has 1 aromatic carbocycles. The number of nitrogens with zero attached hydrogens (tertiary/aromatic N) is 5. The number of fused-ring (bicyclic) bond motifs is 3. The fourth-order valence-electron chi connectivity index (χ4n) is 4.72. The molecule has 2 unspecified atom stereocenters. The molecule has 2 aliphatic heterocycles. The SMILES string of the molecule is CC1=Cc2nc3ccccc3n2C(C#N)(NCCCN2CCOCC2)C1CCC#N. The van der Waals surface area contributed by atoms with Crippen LogP contribution in [-0.4, -0.2) is 53.8 Å². The summed E-state index contributed by atoms with van der Waals surface area (Å²) < 4.78 is 7.47. The van der Waals surface area contributed by atoms with Crippen LogP contribution < -0.4 is 5.32 Å². The third-order valence-electron chi connectivity index (χ3n) is 6.21. The van der Waals surface area contributed by atoms with Crippen LogP contribution in [0.2, 0.25) is 0 Å². The first-order valence-corrected chi connectivity index (χ1v) is 10.7. The first-order chi connectivity index (χ1) is 14.7. The van der Waals surface area contributed by atoms with Crippen LogP contribution in [0.25, 0.3) is 17.1 Å². The van der Waals surface area contributed by atoms with E-state index >= 15 is 0 Å². The molecule has 1 aromatic heterocycles. The summed E-state index contributed by atoms with van der Waals surface area (Å²) in [7, 11) is 0. The first-order valence-electron chi connectivity index (χ1n) is 10.7. The van der Waals surface area contributed by atoms with Gasteiger partial charge in [0.25, 0.3) is 0 Å². The van der Waals surface area contributed by atoms with Gasteiger partial charge in [0.15, 0.2) is 5.66 Å². The highest BCUT2D eigenvalue weighted by molar-refractivity contribution is 5.79. The lowest BCUT2D eigenvalue weighted by atomic mass is 9.80. The average Bonchev–Trinajstić information content (AvgIpc) is 3.15. The standard InChI is InChI=1S/C23H28N6O/c1-18-16-22-27-20-7-2-3-8-21(20)29(22)23(17-25,19(18)6-4-9-24)26-10-5-11-28-12-14-30-15-13-28/h2-3,7-8,16,19,26H,4-6,10-15H2,1H3. The first kappa shape index (κ1) is 20.6. The molecule has 2 aliphatic rings. The Hall–Kier alpha value is -2.71. The molecule has 2 atom stereocenters. The Morgan fingerprint density at radius 1 is 1.27 bits per heavy atom. The van der Waals surface area contributed by atoms with E-state index < -0.39 is 5.66 Å². The summed E-state index contributed by atoms with van der Waals surface area (Å²) in [4.78, 5) is 7.18. The highest BCUT2D eigenvalue weighted by atomic mass is 16.5. The number of nitrogens with one attached hydrogen (secondary N) is 1. The van der Waals surface area contributed by atoms with Gasteiger partial charge in [-0.15, -0.1) is 0 Å². The Bertz CT molecular complexity index is 1010. The fraction of sp³-hybridized carbons (Fsp3) is 0.522. The molecule has 0 spiro atoms. The van der Waals surface area contributed by atoms with E-state index in [-0.39, 0.29) is 5.92 Å². The van der Waals surface area contributed by atoms with Crippen LogP contribution >= 0.6 is 0 Å². The van der Waals surface area contributed by atoms with Crippen LogP contribution in [0.4, 0.5) is 0 Å². The van der Waals surface area contributed by atoms with Crippen molar-refractivity contribution in [2.75, 3.05) is 39.4 Å². The predicted octanol–water partition coefficient (Wildman–Crippen LogP) is 2.86. The summed E-state index contributed by atoms with van der Waals surface area (Å²) in [6.45, 7) is 7.26. The highest BCUT2D eigenvalue weighted by Crippen LogP contribution is 2.41. The van der Waals surface area contributed by atoms with Gasteiger partial charge >= 0.3 is 0 Å². The Morgan fingerprint density at radius 2 is 2.07 bits per heavy atom. The number of hydrogen-bond donors (Lipinski definition) is 1. The number of ether oxygens (including phenoxy) is 1. The van der Waals surface area contributed by atoms with Crippen molar-refractivity contribution in [3.05, 3.63) is 35.7 Å². The topological polar surface area (TPSA) is 89.9 Å². The molecule has 2 aromatic rings. The number of nitriles is 2. The van der Waals surface area contributed by atoms with Gasteiger partial charge in [0.1, 0.15) is 11.9 Å². The Kier molecular flexibility index (Phi) is 6.15. The smallest absolute Gasteiger partial charge is 0.192 e. The number of morpholine rings is 1. The minimum absolute atomic E-state index is 0.0874. The molecule has 0 saturated carbocycles. The zero-order valence-corrected chi connectivity index (χ0v) is 17.5. The fourth-order valence-corrected chi connectivity index (χ4v) is 4.72. The van der Waals surface area contributed by atoms with Gasteiger partial charge in [-0.1, -0.05) is 17.7 Å². The van der Waals surface area contributed by atoms with Gasteiger partial charge < -0.3 is 4.74 Å². The normalized spacial score (nSPS) is 24.1. The van der Waals surface area contributed by atoms with Crippen molar-refractivity contribution in [1.29, 1.82) is 10.5 Å². The molecule has 0 radical (unpaired) electrons. The van der Waals surface area contributed by atoms with Gasteiger partial charge in [-0.3, -0.25) is 14.8 Å². The molecular formula is C23H28N6O. The van der Waals surface area contributed by atoms with Crippen LogP contribution in [0.5, 0.6) is 0 Å². The molecule has 3 heterocycles. The Labute approximate surface area is 177 Å². The molecule has 1 fully saturated rings. The van der Waals surface area contributed by atoms with E-state index in [0.29, 0.717) is 19.4 Å². The minimum Gasteiger partial charge on any atom is -0.379 e. The molecule has 1 saturated heterocycles. The van der Waals surface area contributed by atoms with Crippen LogP contribution in [0.15, 0.2) is 29.8 Å². The summed E-state index contributed by atoms with van der Waals surface area (Å²) in [5.74, 6) is 0.708. The van der Waals surface area contributed by atoms with Gasteiger partial charge in [-0.2, -0.15) is 10.5 Å². The molecule has 156 valence electrons. The van der Waals surface area contributed by atoms with E-state index in [0.717, 1.165) is 61.7 Å². The lowest BCUT2D eigenvalue weighted by Crippen LogP contribution is -2.55. The van der Waals surface area contributed by atoms with Crippen molar-refractivity contribution in [2.45, 2.75) is 31.8 Å². The lowest BCUT2D eigenvalue weighted by molar-refractivity contribution is 0.0369. The number of benzene rings is 1. The third-order valence-corrected chi connectivity index (χ3v) is 6.21. The van der Waals surface area contributed by atoms with Crippen molar-refractivity contribution >= 4 is 17.1 Å². The third kappa shape index (κ3) is 3.73. The average molecular weight is 405 g/mol. The molecular weight excluding hydrogens is 376 g/mol. The van der Waals surface area contributed by atoms with E-state index in [1.807, 2.05) is 35.8 Å². The molecule has 0 bridgehead atoms. The van der Waals surface area contributed by atoms with E-state index in [1.54, 1.807) is 0 Å². The van der Waals surface area contributed by atoms with Crippen molar-refractivity contribution in [3.63, 3.8) is 0 Å². The van der Waals surface area contributed by atoms with Gasteiger partial charge in [-0.25, -0.2) is 4.98 Å². The summed E-state index contributed by atoms with van der Waals surface area (Å²) in [6.07, 6.45) is 4.05. The summed E-state index contributed by atoms with van der Waals surface area (Å²) in [5, 5.41) is 23.3. The molecule has 30 heavy (non-hydrogen) atoms. The summed E-state index contributed by atoms with van der Waals surface area (Å²) >= 11 is 0. The van der Waals surface area contributed by atoms with E-state index in [9.17, 15) is 10.5 Å². The second-order valence-electron chi connectivity index (χ2n) is 8.04. The van der Waals surface area contributed by atoms with Crippen LogP contribution in [-0.2, 0) is 10.4 Å². The maximum atomic E-state index is 10.5. The van der Waals surface area contributed by atoms with Gasteiger partial charge in [0.2, 0.25) is 0 Å². The monoisotopic (exact) mass is 404 g/mol. The highest BCUT2D eigenvalue weighted by Gasteiger charge is 2.45. The van der Waals surface area contributed by atoms with Crippen LogP contribution in [0.3, 0.4) is 0 Å². The zero-order valence-electron chi connectivity index (χ0n) is 17.5. The molecule has 0 amide bonds. The lowest BCUT2D eigenvalue weighted by Gasteiger charge is -2.41. The van der Waals surface area contributed by atoms with E-state index in [1.165, 1.54) is 0 Å². The number of hydrogen-bond acceptors (Lipinski definition) is 6. The van der Waals surface area contributed by atoms with Gasteiger partial charge in [0.05, 0.1) is 30.3 Å². The second-order valence-corrected chi connectivity index (χ2v) is 8.04. The largest absolute Gasteiger partial charge is 0.379 e. The zero-order chi connectivity index (χ0) is 21.0. The predicted molar refractivity (Wildman–Crippen MR) is 115 cm³/mol. The molecule has 7 nitrogen and oxygen atoms in total. The maximum Gasteiger partial charge on any atom is 0.192 e. The maximum absolute atomic E-state index is 10.5. The van der Waals surface area contributed by atoms with Crippen molar-refractivity contribution in [2.24, 2.45) is 5.92 Å². The molecule has 0 aliphatic carbocycles. The van der Waals surface area contributed by atoms with E-state index in [4.69, 9.17) is 9.72 Å². The Balaban J connectivity index is 1.64. The number of para-hydroxylation sites is 2. The van der Waals surface area contributed by atoms with Crippen LogP contribution in [0, 0.1) is 28.6 Å². The second kappa shape index (κ2) is 8.97. The number of imidazole rings is 1. The van der Waals surface area contributed by atoms with Crippen molar-refractivity contribution in [1.82, 2.24) is 19.8 Å². The number of aromatic nitrogens is 2. The minimum atomic E-state index is -0.952. The summed E-state index contributed by atoms with van der Waals surface area (Å²) in [5.41, 5.74) is 1.97. The van der Waals surface area contributed by atoms with Crippen molar-refractivity contribution in [3.8, 4) is 12.1 Å². The van der Waals surface area contributed by atoms with Gasteiger partial charge in [0, 0.05) is 25.4 Å². The number of rotatable bonds is 7. The summed E-state index contributed by atoms with van der Waals surface area (Å²) in [6, 6.07) is 12.8. The van der Waals surface area contributed by atoms with E-state index in [2.05, 4.69) is 28.4 Å². The van der Waals surface area contributed by atoms with Crippen LogP contribution in [0.1, 0.15) is 32.0 Å². The molecule has 1 N–H and O–H groups in total. The Morgan fingerprint density at radius 3 is 2.83 bits per heavy atom. The van der Waals surface area contributed by atoms with Crippen molar-refractivity contribution < 1.29 is 4.74 Å². The molecule has 7 heteroatoms. The van der Waals surface area contributed by atoms with Gasteiger partial charge in [-0.05, 0) is 51.1 Å². The molecule has 4 rings (SSSR count).